The number of fused-ring (bicyclic) bond motifs is 1. The molecule has 3 rings (SSSR count). The average Bonchev–Trinajstić information content (AvgIpc) is 2.90. The fourth-order valence-corrected chi connectivity index (χ4v) is 4.57. The molecule has 1 aromatic heterocycles. The monoisotopic (exact) mass is 378 g/mol. The molecule has 0 aliphatic carbocycles. The van der Waals surface area contributed by atoms with E-state index < -0.39 is 0 Å². The number of amides is 1. The predicted molar refractivity (Wildman–Crippen MR) is 99.5 cm³/mol. The van der Waals surface area contributed by atoms with Gasteiger partial charge in [0.2, 0.25) is 0 Å². The van der Waals surface area contributed by atoms with Gasteiger partial charge in [0, 0.05) is 27.9 Å². The molecule has 2 N–H and O–H groups in total. The second-order valence-electron chi connectivity index (χ2n) is 6.00. The van der Waals surface area contributed by atoms with Crippen molar-refractivity contribution in [1.82, 2.24) is 4.90 Å². The largest absolute Gasteiger partial charge is 0.450 e. The number of halogens is 1. The highest BCUT2D eigenvalue weighted by atomic mass is 35.5. The Balaban J connectivity index is 1.97. The van der Waals surface area contributed by atoms with Crippen molar-refractivity contribution in [3.63, 3.8) is 0 Å². The third-order valence-corrected chi connectivity index (χ3v) is 5.47. The molecule has 0 bridgehead atoms. The molecule has 5 nitrogen and oxygen atoms in total. The van der Waals surface area contributed by atoms with E-state index in [1.54, 1.807) is 36.1 Å². The summed E-state index contributed by atoms with van der Waals surface area (Å²) in [5, 5.41) is 0.989. The molecule has 1 aromatic carbocycles. The number of carbonyl (C=O) groups excluding carboxylic acids is 2. The fraction of sp³-hybridized carbons (Fsp3) is 0.333. The van der Waals surface area contributed by atoms with Gasteiger partial charge in [0.15, 0.2) is 5.78 Å². The van der Waals surface area contributed by atoms with Gasteiger partial charge in [-0.05, 0) is 24.6 Å². The predicted octanol–water partition coefficient (Wildman–Crippen LogP) is 4.29. The lowest BCUT2D eigenvalue weighted by molar-refractivity contribution is 0.0995. The number of carbonyl (C=O) groups is 2. The van der Waals surface area contributed by atoms with E-state index in [2.05, 4.69) is 0 Å². The maximum atomic E-state index is 13.0. The minimum absolute atomic E-state index is 0.000148. The smallest absolute Gasteiger partial charge is 0.410 e. The molecule has 1 atom stereocenters. The summed E-state index contributed by atoms with van der Waals surface area (Å²) in [4.78, 5) is 27.6. The molecule has 2 aromatic rings. The number of thiophene rings is 1. The Morgan fingerprint density at radius 2 is 2.20 bits per heavy atom. The van der Waals surface area contributed by atoms with Crippen molar-refractivity contribution in [2.45, 2.75) is 26.3 Å². The van der Waals surface area contributed by atoms with Gasteiger partial charge in [0.25, 0.3) is 0 Å². The Labute approximate surface area is 155 Å². The molecule has 1 aliphatic rings. The Morgan fingerprint density at radius 1 is 1.44 bits per heavy atom. The molecule has 0 saturated carbocycles. The van der Waals surface area contributed by atoms with E-state index >= 15 is 0 Å². The second-order valence-corrected chi connectivity index (χ2v) is 7.57. The molecule has 1 amide bonds. The molecule has 2 heterocycles. The van der Waals surface area contributed by atoms with Crippen molar-refractivity contribution >= 4 is 39.8 Å². The van der Waals surface area contributed by atoms with E-state index in [4.69, 9.17) is 22.1 Å². The van der Waals surface area contributed by atoms with Gasteiger partial charge in [-0.15, -0.1) is 11.3 Å². The molecule has 0 fully saturated rings. The van der Waals surface area contributed by atoms with Crippen molar-refractivity contribution in [2.75, 3.05) is 18.9 Å². The van der Waals surface area contributed by atoms with Crippen LogP contribution in [0.25, 0.3) is 0 Å². The van der Waals surface area contributed by atoms with Crippen LogP contribution in [0.2, 0.25) is 5.02 Å². The SMILES string of the molecule is CCOC(=O)N1Cc2sc(N)c(C(=O)c3cccc(Cl)c3)c2C(C)C1. The maximum Gasteiger partial charge on any atom is 0.410 e. The number of ketones is 1. The van der Waals surface area contributed by atoms with Crippen LogP contribution in [0.3, 0.4) is 0 Å². The number of nitrogens with two attached hydrogens (primary N) is 1. The van der Waals surface area contributed by atoms with E-state index in [0.717, 1.165) is 10.4 Å². The van der Waals surface area contributed by atoms with Crippen molar-refractivity contribution in [3.8, 4) is 0 Å². The van der Waals surface area contributed by atoms with Crippen molar-refractivity contribution in [3.05, 3.63) is 50.9 Å². The first-order chi connectivity index (χ1) is 11.9. The summed E-state index contributed by atoms with van der Waals surface area (Å²) >= 11 is 7.37. The van der Waals surface area contributed by atoms with Crippen LogP contribution in [0.1, 0.15) is 46.1 Å². The highest BCUT2D eigenvalue weighted by Crippen LogP contribution is 2.41. The standard InChI is InChI=1S/C18H19ClN2O3S/c1-3-24-18(23)21-8-10(2)14-13(9-21)25-17(20)15(14)16(22)11-5-4-6-12(19)7-11/h4-7,10H,3,8-9,20H2,1-2H3. The first-order valence-electron chi connectivity index (χ1n) is 8.05. The van der Waals surface area contributed by atoms with E-state index in [9.17, 15) is 9.59 Å². The third-order valence-electron chi connectivity index (χ3n) is 4.21. The Hall–Kier alpha value is -2.05. The summed E-state index contributed by atoms with van der Waals surface area (Å²) in [6, 6.07) is 6.85. The highest BCUT2D eigenvalue weighted by Gasteiger charge is 2.33. The van der Waals surface area contributed by atoms with Gasteiger partial charge in [-0.25, -0.2) is 4.79 Å². The summed E-state index contributed by atoms with van der Waals surface area (Å²) < 4.78 is 5.09. The number of ether oxygens (including phenoxy) is 1. The van der Waals surface area contributed by atoms with Gasteiger partial charge in [-0.1, -0.05) is 30.7 Å². The van der Waals surface area contributed by atoms with Crippen LogP contribution in [-0.2, 0) is 11.3 Å². The van der Waals surface area contributed by atoms with E-state index in [0.29, 0.717) is 40.8 Å². The van der Waals surface area contributed by atoms with Crippen LogP contribution >= 0.6 is 22.9 Å². The molecule has 25 heavy (non-hydrogen) atoms. The van der Waals surface area contributed by atoms with Crippen LogP contribution < -0.4 is 5.73 Å². The van der Waals surface area contributed by atoms with Crippen LogP contribution in [0.5, 0.6) is 0 Å². The summed E-state index contributed by atoms with van der Waals surface area (Å²) in [6.07, 6.45) is -0.338. The average molecular weight is 379 g/mol. The number of benzene rings is 1. The molecule has 132 valence electrons. The normalized spacial score (nSPS) is 16.4. The Morgan fingerprint density at radius 3 is 2.88 bits per heavy atom. The van der Waals surface area contributed by atoms with Crippen molar-refractivity contribution < 1.29 is 14.3 Å². The molecular formula is C18H19ClN2O3S. The lowest BCUT2D eigenvalue weighted by atomic mass is 9.90. The number of rotatable bonds is 3. The molecule has 1 unspecified atom stereocenters. The zero-order valence-corrected chi connectivity index (χ0v) is 15.6. The Kier molecular flexibility index (Phi) is 5.01. The Bertz CT molecular complexity index is 834. The summed E-state index contributed by atoms with van der Waals surface area (Å²) in [5.41, 5.74) is 8.16. The zero-order chi connectivity index (χ0) is 18.1. The van der Waals surface area contributed by atoms with Crippen LogP contribution in [0.15, 0.2) is 24.3 Å². The number of hydrogen-bond acceptors (Lipinski definition) is 5. The summed E-state index contributed by atoms with van der Waals surface area (Å²) in [6.45, 7) is 5.02. The summed E-state index contributed by atoms with van der Waals surface area (Å²) in [7, 11) is 0. The van der Waals surface area contributed by atoms with Gasteiger partial charge >= 0.3 is 6.09 Å². The van der Waals surface area contributed by atoms with Gasteiger partial charge in [-0.3, -0.25) is 4.79 Å². The lowest BCUT2D eigenvalue weighted by Crippen LogP contribution is -2.37. The molecule has 0 radical (unpaired) electrons. The first-order valence-corrected chi connectivity index (χ1v) is 9.24. The number of nitrogen functional groups attached to an aromatic ring is 1. The fourth-order valence-electron chi connectivity index (χ4n) is 3.17. The van der Waals surface area contributed by atoms with Crippen LogP contribution in [-0.4, -0.2) is 29.9 Å². The zero-order valence-electron chi connectivity index (χ0n) is 14.0. The second kappa shape index (κ2) is 7.06. The number of hydrogen-bond donors (Lipinski definition) is 1. The first kappa shape index (κ1) is 17.8. The number of anilines is 1. The minimum Gasteiger partial charge on any atom is -0.450 e. The molecule has 0 saturated heterocycles. The third kappa shape index (κ3) is 3.37. The van der Waals surface area contributed by atoms with Crippen molar-refractivity contribution in [2.24, 2.45) is 0 Å². The van der Waals surface area contributed by atoms with Gasteiger partial charge in [0.05, 0.1) is 23.7 Å². The van der Waals surface area contributed by atoms with E-state index in [1.807, 2.05) is 6.92 Å². The molecule has 0 spiro atoms. The van der Waals surface area contributed by atoms with Gasteiger partial charge in [0.1, 0.15) is 0 Å². The van der Waals surface area contributed by atoms with Gasteiger partial charge < -0.3 is 15.4 Å². The van der Waals surface area contributed by atoms with Gasteiger partial charge in [-0.2, -0.15) is 0 Å². The summed E-state index contributed by atoms with van der Waals surface area (Å²) in [5.74, 6) is -0.131. The minimum atomic E-state index is -0.338. The highest BCUT2D eigenvalue weighted by molar-refractivity contribution is 7.16. The van der Waals surface area contributed by atoms with Crippen LogP contribution in [0.4, 0.5) is 9.80 Å². The van der Waals surface area contributed by atoms with Crippen LogP contribution in [0, 0.1) is 0 Å². The maximum absolute atomic E-state index is 13.0. The molecule has 7 heteroatoms. The van der Waals surface area contributed by atoms with Crippen molar-refractivity contribution in [1.29, 1.82) is 0 Å². The number of nitrogens with zero attached hydrogens (tertiary/aromatic N) is 1. The van der Waals surface area contributed by atoms with E-state index in [1.165, 1.54) is 11.3 Å². The van der Waals surface area contributed by atoms with E-state index in [-0.39, 0.29) is 17.8 Å². The molecular weight excluding hydrogens is 360 g/mol. The molecule has 1 aliphatic heterocycles. The topological polar surface area (TPSA) is 72.6 Å². The lowest BCUT2D eigenvalue weighted by Gasteiger charge is -2.30. The quantitative estimate of drug-likeness (QED) is 0.808.